The fraction of sp³-hybridized carbons (Fsp3) is 0.211. The molecule has 2 aromatic carbocycles. The number of aromatic nitrogens is 2. The smallest absolute Gasteiger partial charge is 0.260 e. The van der Waals surface area contributed by atoms with Crippen LogP contribution >= 0.6 is 0 Å². The maximum Gasteiger partial charge on any atom is 0.260 e. The van der Waals surface area contributed by atoms with E-state index >= 15 is 0 Å². The lowest BCUT2D eigenvalue weighted by Gasteiger charge is -2.17. The second kappa shape index (κ2) is 6.28. The van der Waals surface area contributed by atoms with Gasteiger partial charge in [0.25, 0.3) is 5.91 Å². The number of fused-ring (bicyclic) bond motifs is 2. The van der Waals surface area contributed by atoms with Crippen molar-refractivity contribution in [1.82, 2.24) is 15.0 Å². The van der Waals surface area contributed by atoms with Crippen LogP contribution in [0, 0.1) is 0 Å². The Hall–Kier alpha value is -2.95. The molecule has 24 heavy (non-hydrogen) atoms. The molecule has 0 bridgehead atoms. The van der Waals surface area contributed by atoms with Gasteiger partial charge in [-0.15, -0.1) is 0 Å². The number of nitrogens with one attached hydrogen (secondary N) is 1. The van der Waals surface area contributed by atoms with E-state index in [1.54, 1.807) is 6.33 Å². The molecule has 5 nitrogen and oxygen atoms in total. The van der Waals surface area contributed by atoms with Crippen molar-refractivity contribution in [2.45, 2.75) is 25.8 Å². The minimum absolute atomic E-state index is 0.145. The molecule has 0 unspecified atom stereocenters. The third-order valence-electron chi connectivity index (χ3n) is 4.34. The van der Waals surface area contributed by atoms with Crippen LogP contribution in [0.4, 0.5) is 0 Å². The Balaban J connectivity index is 1.49. The number of aryl methyl sites for hydroxylation is 1. The predicted molar refractivity (Wildman–Crippen MR) is 93.8 cm³/mol. The largest absolute Gasteiger partial charge is 0.321 e. The summed E-state index contributed by atoms with van der Waals surface area (Å²) >= 11 is 0. The van der Waals surface area contributed by atoms with Crippen LogP contribution < -0.4 is 5.43 Å². The highest BCUT2D eigenvalue weighted by molar-refractivity contribution is 6.03. The normalized spacial score (nSPS) is 15.4. The molecule has 0 saturated heterocycles. The molecule has 0 saturated carbocycles. The molecule has 0 aliphatic heterocycles. The number of para-hydroxylation sites is 2. The van der Waals surface area contributed by atoms with E-state index in [0.29, 0.717) is 0 Å². The molecule has 5 heteroatoms. The standard InChI is InChI=1S/C19H18N4O/c24-19(12-23-13-20-17-9-3-4-11-18(17)23)22-21-16-10-5-7-14-6-1-2-8-15(14)16/h1-4,6,8-9,11,13H,5,7,10,12H2,(H,22,24)/b21-16-. The van der Waals surface area contributed by atoms with Gasteiger partial charge in [-0.1, -0.05) is 36.4 Å². The molecule has 0 radical (unpaired) electrons. The van der Waals surface area contributed by atoms with Gasteiger partial charge < -0.3 is 4.57 Å². The number of hydrazone groups is 1. The molecular formula is C19H18N4O. The number of hydrogen-bond donors (Lipinski definition) is 1. The molecule has 1 aliphatic rings. The van der Waals surface area contributed by atoms with E-state index in [-0.39, 0.29) is 12.5 Å². The molecule has 0 atom stereocenters. The summed E-state index contributed by atoms with van der Waals surface area (Å²) in [5.74, 6) is -0.145. The van der Waals surface area contributed by atoms with Crippen molar-refractivity contribution in [2.24, 2.45) is 5.10 Å². The number of benzene rings is 2. The van der Waals surface area contributed by atoms with Gasteiger partial charge in [0.15, 0.2) is 0 Å². The van der Waals surface area contributed by atoms with E-state index in [4.69, 9.17) is 0 Å². The van der Waals surface area contributed by atoms with E-state index < -0.39 is 0 Å². The van der Waals surface area contributed by atoms with E-state index in [0.717, 1.165) is 41.6 Å². The van der Waals surface area contributed by atoms with Gasteiger partial charge in [0.2, 0.25) is 0 Å². The number of carbonyl (C=O) groups is 1. The summed E-state index contributed by atoms with van der Waals surface area (Å²) in [7, 11) is 0. The third kappa shape index (κ3) is 2.80. The van der Waals surface area contributed by atoms with Crippen LogP contribution in [0.15, 0.2) is 60.0 Å². The minimum atomic E-state index is -0.145. The SMILES string of the molecule is O=C(Cn1cnc2ccccc21)N/N=C1/CCCc2ccccc21. The van der Waals surface area contributed by atoms with Gasteiger partial charge in [0, 0.05) is 5.56 Å². The van der Waals surface area contributed by atoms with Crippen LogP contribution in [0.5, 0.6) is 0 Å². The van der Waals surface area contributed by atoms with Crippen LogP contribution in [-0.4, -0.2) is 21.2 Å². The highest BCUT2D eigenvalue weighted by atomic mass is 16.2. The topological polar surface area (TPSA) is 59.3 Å². The van der Waals surface area contributed by atoms with E-state index in [1.807, 2.05) is 41.0 Å². The summed E-state index contributed by atoms with van der Waals surface area (Å²) in [5.41, 5.74) is 7.94. The van der Waals surface area contributed by atoms with Crippen molar-refractivity contribution in [3.63, 3.8) is 0 Å². The summed E-state index contributed by atoms with van der Waals surface area (Å²) in [6.07, 6.45) is 4.72. The summed E-state index contributed by atoms with van der Waals surface area (Å²) in [6, 6.07) is 16.0. The fourth-order valence-electron chi connectivity index (χ4n) is 3.17. The van der Waals surface area contributed by atoms with E-state index in [1.165, 1.54) is 5.56 Å². The number of hydrogen-bond acceptors (Lipinski definition) is 3. The van der Waals surface area contributed by atoms with Crippen molar-refractivity contribution < 1.29 is 4.79 Å². The molecular weight excluding hydrogens is 300 g/mol. The quantitative estimate of drug-likeness (QED) is 0.755. The Bertz CT molecular complexity index is 926. The molecule has 120 valence electrons. The zero-order chi connectivity index (χ0) is 16.4. The van der Waals surface area contributed by atoms with Crippen LogP contribution in [-0.2, 0) is 17.8 Å². The zero-order valence-corrected chi connectivity index (χ0v) is 13.3. The number of carbonyl (C=O) groups excluding carboxylic acids is 1. The van der Waals surface area contributed by atoms with Gasteiger partial charge in [-0.3, -0.25) is 4.79 Å². The maximum absolute atomic E-state index is 12.2. The molecule has 1 N–H and O–H groups in total. The van der Waals surface area contributed by atoms with Gasteiger partial charge >= 0.3 is 0 Å². The highest BCUT2D eigenvalue weighted by Crippen LogP contribution is 2.21. The average Bonchev–Trinajstić information content (AvgIpc) is 3.03. The van der Waals surface area contributed by atoms with Crippen LogP contribution in [0.3, 0.4) is 0 Å². The highest BCUT2D eigenvalue weighted by Gasteiger charge is 2.15. The molecule has 1 amide bonds. The van der Waals surface area contributed by atoms with Gasteiger partial charge in [-0.2, -0.15) is 5.10 Å². The molecule has 1 heterocycles. The van der Waals surface area contributed by atoms with Gasteiger partial charge in [0.05, 0.1) is 23.1 Å². The van der Waals surface area contributed by atoms with Crippen molar-refractivity contribution in [2.75, 3.05) is 0 Å². The zero-order valence-electron chi connectivity index (χ0n) is 13.3. The first-order valence-electron chi connectivity index (χ1n) is 8.15. The average molecular weight is 318 g/mol. The third-order valence-corrected chi connectivity index (χ3v) is 4.34. The lowest BCUT2D eigenvalue weighted by atomic mass is 9.90. The Morgan fingerprint density at radius 3 is 2.92 bits per heavy atom. The first kappa shape index (κ1) is 14.6. The predicted octanol–water partition coefficient (Wildman–Crippen LogP) is 2.89. The lowest BCUT2D eigenvalue weighted by molar-refractivity contribution is -0.121. The molecule has 4 rings (SSSR count). The van der Waals surface area contributed by atoms with E-state index in [2.05, 4.69) is 27.6 Å². The number of imidazole rings is 1. The first-order chi connectivity index (χ1) is 11.8. The Labute approximate surface area is 140 Å². The van der Waals surface area contributed by atoms with Gasteiger partial charge in [0.1, 0.15) is 6.54 Å². The second-order valence-corrected chi connectivity index (χ2v) is 5.97. The molecule has 3 aromatic rings. The number of nitrogens with zero attached hydrogens (tertiary/aromatic N) is 3. The van der Waals surface area contributed by atoms with Gasteiger partial charge in [-0.25, -0.2) is 10.4 Å². The van der Waals surface area contributed by atoms with Crippen molar-refractivity contribution >= 4 is 22.7 Å². The monoisotopic (exact) mass is 318 g/mol. The number of rotatable bonds is 3. The number of amides is 1. The fourth-order valence-corrected chi connectivity index (χ4v) is 3.17. The first-order valence-corrected chi connectivity index (χ1v) is 8.15. The molecule has 0 fully saturated rings. The maximum atomic E-state index is 12.2. The van der Waals surface area contributed by atoms with Crippen molar-refractivity contribution in [3.8, 4) is 0 Å². The minimum Gasteiger partial charge on any atom is -0.321 e. The second-order valence-electron chi connectivity index (χ2n) is 5.97. The summed E-state index contributed by atoms with van der Waals surface area (Å²) in [4.78, 5) is 16.5. The summed E-state index contributed by atoms with van der Waals surface area (Å²) in [5, 5.41) is 4.37. The van der Waals surface area contributed by atoms with Crippen LogP contribution in [0.2, 0.25) is 0 Å². The van der Waals surface area contributed by atoms with Crippen molar-refractivity contribution in [3.05, 3.63) is 66.0 Å². The Morgan fingerprint density at radius 2 is 1.96 bits per heavy atom. The molecule has 1 aliphatic carbocycles. The van der Waals surface area contributed by atoms with E-state index in [9.17, 15) is 4.79 Å². The molecule has 0 spiro atoms. The summed E-state index contributed by atoms with van der Waals surface area (Å²) < 4.78 is 1.83. The van der Waals surface area contributed by atoms with Crippen molar-refractivity contribution in [1.29, 1.82) is 0 Å². The lowest BCUT2D eigenvalue weighted by Crippen LogP contribution is -2.25. The van der Waals surface area contributed by atoms with Crippen LogP contribution in [0.25, 0.3) is 11.0 Å². The summed E-state index contributed by atoms with van der Waals surface area (Å²) in [6.45, 7) is 0.207. The van der Waals surface area contributed by atoms with Gasteiger partial charge in [-0.05, 0) is 37.0 Å². The Kier molecular flexibility index (Phi) is 3.83. The molecule has 1 aromatic heterocycles. The van der Waals surface area contributed by atoms with Crippen LogP contribution in [0.1, 0.15) is 24.0 Å². The Morgan fingerprint density at radius 1 is 1.12 bits per heavy atom.